The summed E-state index contributed by atoms with van der Waals surface area (Å²) in [5.74, 6) is -1.65. The Labute approximate surface area is 159 Å². The van der Waals surface area contributed by atoms with Crippen molar-refractivity contribution >= 4 is 0 Å². The fourth-order valence-electron chi connectivity index (χ4n) is 3.07. The lowest BCUT2D eigenvalue weighted by atomic mass is 9.93. The predicted molar refractivity (Wildman–Crippen MR) is 107 cm³/mol. The van der Waals surface area contributed by atoms with E-state index >= 15 is 0 Å². The number of ether oxygens (including phenoxy) is 1. The van der Waals surface area contributed by atoms with Crippen LogP contribution in [0.1, 0.15) is 25.3 Å². The fourth-order valence-corrected chi connectivity index (χ4v) is 3.07. The van der Waals surface area contributed by atoms with E-state index in [0.29, 0.717) is 23.3 Å². The van der Waals surface area contributed by atoms with Crippen LogP contribution in [0.15, 0.2) is 66.7 Å². The molecule has 3 aromatic rings. The summed E-state index contributed by atoms with van der Waals surface area (Å²) in [6.45, 7) is 3.59. The third-order valence-corrected chi connectivity index (χ3v) is 4.60. The highest BCUT2D eigenvalue weighted by molar-refractivity contribution is 5.84. The van der Waals surface area contributed by atoms with Gasteiger partial charge >= 0.3 is 0 Å². The molecule has 0 N–H and O–H groups in total. The van der Waals surface area contributed by atoms with Crippen LogP contribution < -0.4 is 0 Å². The zero-order valence-electron chi connectivity index (χ0n) is 15.6. The van der Waals surface area contributed by atoms with E-state index in [1.54, 1.807) is 6.07 Å². The maximum absolute atomic E-state index is 14.7. The Kier molecular flexibility index (Phi) is 6.72. The van der Waals surface area contributed by atoms with Gasteiger partial charge in [-0.3, -0.25) is 0 Å². The Morgan fingerprint density at radius 1 is 0.778 bits per heavy atom. The number of unbranched alkanes of at least 4 members (excludes halogenated alkanes) is 1. The van der Waals surface area contributed by atoms with E-state index in [-0.39, 0.29) is 0 Å². The topological polar surface area (TPSA) is 9.23 Å². The number of hydrogen-bond donors (Lipinski definition) is 0. The van der Waals surface area contributed by atoms with Crippen molar-refractivity contribution in [1.29, 1.82) is 0 Å². The van der Waals surface area contributed by atoms with E-state index in [0.717, 1.165) is 37.0 Å². The van der Waals surface area contributed by atoms with Crippen molar-refractivity contribution in [2.75, 3.05) is 13.2 Å². The van der Waals surface area contributed by atoms with Crippen LogP contribution in [-0.2, 0) is 11.2 Å². The van der Waals surface area contributed by atoms with Gasteiger partial charge < -0.3 is 4.74 Å². The smallest absolute Gasteiger partial charge is 0.167 e. The van der Waals surface area contributed by atoms with Gasteiger partial charge in [0.05, 0.1) is 6.61 Å². The molecule has 0 fully saturated rings. The van der Waals surface area contributed by atoms with Crippen molar-refractivity contribution < 1.29 is 13.5 Å². The molecule has 0 bridgehead atoms. The molecule has 0 aliphatic rings. The Morgan fingerprint density at radius 3 is 2.22 bits per heavy atom. The fraction of sp³-hybridized carbons (Fsp3) is 0.250. The molecule has 3 heteroatoms. The van der Waals surface area contributed by atoms with Gasteiger partial charge in [-0.05, 0) is 41.2 Å². The predicted octanol–water partition coefficient (Wildman–Crippen LogP) is 6.66. The van der Waals surface area contributed by atoms with Crippen LogP contribution in [0.2, 0.25) is 0 Å². The second-order valence-corrected chi connectivity index (χ2v) is 6.56. The van der Waals surface area contributed by atoms with E-state index in [9.17, 15) is 8.78 Å². The van der Waals surface area contributed by atoms with E-state index in [4.69, 9.17) is 4.74 Å². The van der Waals surface area contributed by atoms with E-state index in [2.05, 4.69) is 6.92 Å². The molecule has 0 saturated carbocycles. The van der Waals surface area contributed by atoms with Crippen LogP contribution in [0.5, 0.6) is 0 Å². The number of halogens is 2. The van der Waals surface area contributed by atoms with Gasteiger partial charge in [-0.15, -0.1) is 0 Å². The lowest BCUT2D eigenvalue weighted by Gasteiger charge is -2.13. The van der Waals surface area contributed by atoms with Gasteiger partial charge in [-0.25, -0.2) is 8.78 Å². The lowest BCUT2D eigenvalue weighted by Crippen LogP contribution is -2.00. The average molecular weight is 366 g/mol. The zero-order chi connectivity index (χ0) is 19.1. The van der Waals surface area contributed by atoms with Gasteiger partial charge in [-0.2, -0.15) is 0 Å². The van der Waals surface area contributed by atoms with Crippen molar-refractivity contribution in [2.24, 2.45) is 0 Å². The average Bonchev–Trinajstić information content (AvgIpc) is 2.71. The maximum atomic E-state index is 14.7. The molecular weight excluding hydrogens is 342 g/mol. The Balaban J connectivity index is 1.85. The van der Waals surface area contributed by atoms with E-state index in [1.807, 2.05) is 54.6 Å². The van der Waals surface area contributed by atoms with Crippen molar-refractivity contribution in [1.82, 2.24) is 0 Å². The van der Waals surface area contributed by atoms with Gasteiger partial charge in [0.1, 0.15) is 0 Å². The number of rotatable bonds is 8. The number of benzene rings is 3. The molecule has 3 aromatic carbocycles. The minimum Gasteiger partial charge on any atom is -0.381 e. The molecule has 0 unspecified atom stereocenters. The molecule has 0 aliphatic heterocycles. The number of hydrogen-bond acceptors (Lipinski definition) is 1. The Hall–Kier alpha value is -2.52. The summed E-state index contributed by atoms with van der Waals surface area (Å²) in [7, 11) is 0. The molecule has 0 aliphatic carbocycles. The van der Waals surface area contributed by atoms with Crippen LogP contribution in [-0.4, -0.2) is 13.2 Å². The first-order chi connectivity index (χ1) is 13.2. The van der Waals surface area contributed by atoms with Crippen LogP contribution in [0.25, 0.3) is 22.3 Å². The SMILES string of the molecule is CCCCOCCc1ccc(-c2c(-c3ccccc3)ccc(F)c2F)cc1. The molecule has 0 spiro atoms. The van der Waals surface area contributed by atoms with Crippen molar-refractivity contribution in [3.8, 4) is 22.3 Å². The highest BCUT2D eigenvalue weighted by Gasteiger charge is 2.16. The monoisotopic (exact) mass is 366 g/mol. The Morgan fingerprint density at radius 2 is 1.52 bits per heavy atom. The highest BCUT2D eigenvalue weighted by Crippen LogP contribution is 2.35. The summed E-state index contributed by atoms with van der Waals surface area (Å²) >= 11 is 0. The molecule has 3 rings (SSSR count). The van der Waals surface area contributed by atoms with Crippen molar-refractivity contribution in [3.05, 3.63) is 83.9 Å². The summed E-state index contributed by atoms with van der Waals surface area (Å²) < 4.78 is 34.2. The molecule has 140 valence electrons. The van der Waals surface area contributed by atoms with E-state index in [1.165, 1.54) is 6.07 Å². The summed E-state index contributed by atoms with van der Waals surface area (Å²) in [4.78, 5) is 0. The molecule has 0 radical (unpaired) electrons. The standard InChI is InChI=1S/C24H24F2O/c1-2-3-16-27-17-15-18-9-11-20(12-10-18)23-21(13-14-22(25)24(23)26)19-7-5-4-6-8-19/h4-14H,2-3,15-17H2,1H3. The van der Waals surface area contributed by atoms with Gasteiger partial charge in [0.25, 0.3) is 0 Å². The Bertz CT molecular complexity index is 858. The molecule has 27 heavy (non-hydrogen) atoms. The second kappa shape index (κ2) is 9.43. The summed E-state index contributed by atoms with van der Waals surface area (Å²) in [6, 6.07) is 19.9. The third kappa shape index (κ3) is 4.81. The van der Waals surface area contributed by atoms with Gasteiger partial charge in [0.15, 0.2) is 11.6 Å². The molecule has 0 amide bonds. The molecule has 0 saturated heterocycles. The minimum atomic E-state index is -0.835. The third-order valence-electron chi connectivity index (χ3n) is 4.60. The summed E-state index contributed by atoms with van der Waals surface area (Å²) in [5, 5.41) is 0. The van der Waals surface area contributed by atoms with Crippen LogP contribution in [0, 0.1) is 11.6 Å². The highest BCUT2D eigenvalue weighted by atomic mass is 19.2. The normalized spacial score (nSPS) is 10.9. The maximum Gasteiger partial charge on any atom is 0.167 e. The van der Waals surface area contributed by atoms with Crippen LogP contribution in [0.3, 0.4) is 0 Å². The first-order valence-electron chi connectivity index (χ1n) is 9.41. The van der Waals surface area contributed by atoms with Crippen LogP contribution >= 0.6 is 0 Å². The minimum absolute atomic E-state index is 0.298. The van der Waals surface area contributed by atoms with Gasteiger partial charge in [0, 0.05) is 12.2 Å². The summed E-state index contributed by atoms with van der Waals surface area (Å²) in [5.41, 5.74) is 3.63. The van der Waals surface area contributed by atoms with Crippen molar-refractivity contribution in [3.63, 3.8) is 0 Å². The largest absolute Gasteiger partial charge is 0.381 e. The first kappa shape index (κ1) is 19.2. The lowest BCUT2D eigenvalue weighted by molar-refractivity contribution is 0.134. The van der Waals surface area contributed by atoms with Crippen LogP contribution in [0.4, 0.5) is 8.78 Å². The quantitative estimate of drug-likeness (QED) is 0.405. The summed E-state index contributed by atoms with van der Waals surface area (Å²) in [6.07, 6.45) is 3.00. The van der Waals surface area contributed by atoms with Gasteiger partial charge in [-0.1, -0.05) is 74.0 Å². The molecule has 0 atom stereocenters. The second-order valence-electron chi connectivity index (χ2n) is 6.56. The first-order valence-corrected chi connectivity index (χ1v) is 9.41. The zero-order valence-corrected chi connectivity index (χ0v) is 15.6. The van der Waals surface area contributed by atoms with E-state index < -0.39 is 11.6 Å². The molecule has 0 aromatic heterocycles. The molecule has 0 heterocycles. The molecule has 1 nitrogen and oxygen atoms in total. The molecular formula is C24H24F2O. The van der Waals surface area contributed by atoms with Crippen molar-refractivity contribution in [2.45, 2.75) is 26.2 Å². The van der Waals surface area contributed by atoms with Gasteiger partial charge in [0.2, 0.25) is 0 Å².